The average molecular weight is 437 g/mol. The van der Waals surface area contributed by atoms with Gasteiger partial charge in [0.2, 0.25) is 0 Å². The molecule has 0 aliphatic carbocycles. The number of rotatable bonds is 11. The van der Waals surface area contributed by atoms with Gasteiger partial charge in [0.15, 0.2) is 6.04 Å². The fourth-order valence-electron chi connectivity index (χ4n) is 2.75. The van der Waals surface area contributed by atoms with Crippen molar-refractivity contribution in [2.24, 2.45) is 0 Å². The van der Waals surface area contributed by atoms with Crippen LogP contribution in [0.4, 0.5) is 5.69 Å². The molecule has 12 heteroatoms. The summed E-state index contributed by atoms with van der Waals surface area (Å²) in [5.74, 6) is -4.27. The normalized spacial score (nSPS) is 11.6. The van der Waals surface area contributed by atoms with Gasteiger partial charge in [-0.2, -0.15) is 0 Å². The molecule has 0 amide bonds. The summed E-state index contributed by atoms with van der Waals surface area (Å²) in [6, 6.07) is 4.45. The van der Waals surface area contributed by atoms with E-state index in [1.165, 1.54) is 18.2 Å². The second kappa shape index (κ2) is 10.2. The average Bonchev–Trinajstić information content (AvgIpc) is 2.68. The molecule has 1 aromatic heterocycles. The van der Waals surface area contributed by atoms with Crippen molar-refractivity contribution >= 4 is 40.5 Å². The minimum Gasteiger partial charge on any atom is -0.480 e. The van der Waals surface area contributed by atoms with Gasteiger partial charge in [0, 0.05) is 35.2 Å². The van der Waals surface area contributed by atoms with Crippen LogP contribution < -0.4 is 16.3 Å². The molecule has 6 N–H and O–H groups in total. The Morgan fingerprint density at radius 3 is 2.29 bits per heavy atom. The lowest BCUT2D eigenvalue weighted by Gasteiger charge is -2.21. The van der Waals surface area contributed by atoms with E-state index in [1.54, 1.807) is 0 Å². The van der Waals surface area contributed by atoms with Crippen molar-refractivity contribution < 1.29 is 49.4 Å². The number of fused-ring (bicyclic) bond motifs is 1. The number of hydrogen-bond donors (Lipinski definition) is 4. The molecule has 0 aliphatic rings. The Morgan fingerprint density at radius 1 is 1.06 bits per heavy atom. The summed E-state index contributed by atoms with van der Waals surface area (Å²) >= 11 is 0. The zero-order valence-electron chi connectivity index (χ0n) is 16.3. The Hall–Kier alpha value is -3.93. The number of carboxylic acid groups (broad SMARTS) is 3. The van der Waals surface area contributed by atoms with E-state index >= 15 is 0 Å². The van der Waals surface area contributed by atoms with Crippen molar-refractivity contribution in [3.05, 3.63) is 40.2 Å². The van der Waals surface area contributed by atoms with Gasteiger partial charge in [-0.15, -0.1) is 0 Å². The number of anilines is 1. The van der Waals surface area contributed by atoms with E-state index < -0.39 is 48.6 Å². The Morgan fingerprint density at radius 2 is 1.71 bits per heavy atom. The highest BCUT2D eigenvalue weighted by Crippen LogP contribution is 2.24. The van der Waals surface area contributed by atoms with Crippen molar-refractivity contribution in [2.45, 2.75) is 25.5 Å². The summed E-state index contributed by atoms with van der Waals surface area (Å²) < 4.78 is 10.2. The van der Waals surface area contributed by atoms with Gasteiger partial charge >= 0.3 is 29.5 Å². The number of nitrogens with zero attached hydrogens (tertiary/aromatic N) is 1. The van der Waals surface area contributed by atoms with E-state index in [2.05, 4.69) is 5.73 Å². The molecule has 1 unspecified atom stereocenters. The van der Waals surface area contributed by atoms with Crippen molar-refractivity contribution in [2.75, 3.05) is 18.0 Å². The van der Waals surface area contributed by atoms with Gasteiger partial charge in [-0.25, -0.2) is 9.59 Å². The van der Waals surface area contributed by atoms with E-state index in [4.69, 9.17) is 24.5 Å². The lowest BCUT2D eigenvalue weighted by atomic mass is 10.1. The van der Waals surface area contributed by atoms with E-state index in [-0.39, 0.29) is 30.7 Å². The molecular formula is C19H21N2O10+. The second-order valence-corrected chi connectivity index (χ2v) is 6.65. The number of carbonyl (C=O) groups is 4. The standard InChI is InChI=1S/C19H20N2O10/c20-13(19(28)29)3-4-17(26)30-9-10-5-18(27)31-14-6-11(1-2-12(10)14)21(7-15(22)23)8-16(24)25/h1-2,5-6,13H,3-4,7-9,20H2,(H,22,23)(H,24,25)(H,28,29)/p+1. The van der Waals surface area contributed by atoms with Gasteiger partial charge in [-0.1, -0.05) is 0 Å². The molecule has 2 aromatic rings. The predicted molar refractivity (Wildman–Crippen MR) is 103 cm³/mol. The SMILES string of the molecule is [NH3+]C(CCC(=O)OCc1cc(=O)oc2cc(N(CC(=O)O)CC(=O)O)ccc12)C(=O)O. The summed E-state index contributed by atoms with van der Waals surface area (Å²) in [5.41, 5.74) is 3.24. The summed E-state index contributed by atoms with van der Waals surface area (Å²) in [5, 5.41) is 27.2. The van der Waals surface area contributed by atoms with Crippen LogP contribution >= 0.6 is 0 Å². The first-order valence-electron chi connectivity index (χ1n) is 9.03. The maximum Gasteiger partial charge on any atom is 0.362 e. The Labute approximate surface area is 174 Å². The third-order valence-corrected chi connectivity index (χ3v) is 4.27. The third-order valence-electron chi connectivity index (χ3n) is 4.27. The fraction of sp³-hybridized carbons (Fsp3) is 0.316. The molecule has 0 bridgehead atoms. The topological polar surface area (TPSA) is 199 Å². The zero-order chi connectivity index (χ0) is 23.1. The molecule has 2 rings (SSSR count). The number of quaternary nitrogens is 1. The Bertz CT molecular complexity index is 1050. The van der Waals surface area contributed by atoms with Gasteiger partial charge in [0.25, 0.3) is 0 Å². The van der Waals surface area contributed by atoms with E-state index in [9.17, 15) is 24.0 Å². The van der Waals surface area contributed by atoms with Crippen LogP contribution in [-0.4, -0.2) is 58.3 Å². The van der Waals surface area contributed by atoms with E-state index in [1.807, 2.05) is 0 Å². The first kappa shape index (κ1) is 23.3. The van der Waals surface area contributed by atoms with Crippen LogP contribution in [0.25, 0.3) is 11.0 Å². The highest BCUT2D eigenvalue weighted by Gasteiger charge is 2.19. The predicted octanol–water partition coefficient (Wildman–Crippen LogP) is -0.713. The number of benzene rings is 1. The van der Waals surface area contributed by atoms with Gasteiger partial charge in [0.1, 0.15) is 25.3 Å². The van der Waals surface area contributed by atoms with Crippen LogP contribution in [0.2, 0.25) is 0 Å². The fourth-order valence-corrected chi connectivity index (χ4v) is 2.75. The summed E-state index contributed by atoms with van der Waals surface area (Å²) in [6.07, 6.45) is -0.165. The molecule has 1 aromatic carbocycles. The van der Waals surface area contributed by atoms with Crippen molar-refractivity contribution in [1.82, 2.24) is 0 Å². The number of esters is 1. The van der Waals surface area contributed by atoms with Crippen molar-refractivity contribution in [3.8, 4) is 0 Å². The smallest absolute Gasteiger partial charge is 0.362 e. The van der Waals surface area contributed by atoms with Gasteiger partial charge in [-0.05, 0) is 12.1 Å². The van der Waals surface area contributed by atoms with Crippen LogP contribution in [0.3, 0.4) is 0 Å². The molecule has 1 atom stereocenters. The first-order chi connectivity index (χ1) is 14.6. The highest BCUT2D eigenvalue weighted by atomic mass is 16.5. The van der Waals surface area contributed by atoms with Gasteiger partial charge in [0.05, 0.1) is 6.42 Å². The molecule has 12 nitrogen and oxygen atoms in total. The number of ether oxygens (including phenoxy) is 1. The number of aliphatic carboxylic acids is 3. The summed E-state index contributed by atoms with van der Waals surface area (Å²) in [6.45, 7) is -1.44. The minimum absolute atomic E-state index is 0.00179. The maximum atomic E-state index is 11.9. The van der Waals surface area contributed by atoms with Crippen LogP contribution in [-0.2, 0) is 30.5 Å². The van der Waals surface area contributed by atoms with Gasteiger partial charge < -0.3 is 35.1 Å². The largest absolute Gasteiger partial charge is 0.480 e. The molecule has 0 aliphatic heterocycles. The lowest BCUT2D eigenvalue weighted by Crippen LogP contribution is -2.64. The molecular weight excluding hydrogens is 416 g/mol. The molecule has 0 saturated carbocycles. The van der Waals surface area contributed by atoms with Crippen LogP contribution in [0, 0.1) is 0 Å². The Balaban J connectivity index is 2.22. The monoisotopic (exact) mass is 437 g/mol. The van der Waals surface area contributed by atoms with E-state index in [0.29, 0.717) is 10.9 Å². The number of carbonyl (C=O) groups excluding carboxylic acids is 1. The van der Waals surface area contributed by atoms with Gasteiger partial charge in [-0.3, -0.25) is 14.4 Å². The first-order valence-corrected chi connectivity index (χ1v) is 9.03. The zero-order valence-corrected chi connectivity index (χ0v) is 16.3. The second-order valence-electron chi connectivity index (χ2n) is 6.65. The molecule has 0 radical (unpaired) electrons. The van der Waals surface area contributed by atoms with Crippen LogP contribution in [0.1, 0.15) is 18.4 Å². The van der Waals surface area contributed by atoms with E-state index in [0.717, 1.165) is 11.0 Å². The molecule has 0 saturated heterocycles. The third kappa shape index (κ3) is 6.82. The van der Waals surface area contributed by atoms with Crippen molar-refractivity contribution in [1.29, 1.82) is 0 Å². The number of hydrogen-bond acceptors (Lipinski definition) is 8. The summed E-state index contributed by atoms with van der Waals surface area (Å²) in [7, 11) is 0. The maximum absolute atomic E-state index is 11.9. The highest BCUT2D eigenvalue weighted by molar-refractivity contribution is 5.86. The lowest BCUT2D eigenvalue weighted by molar-refractivity contribution is -0.408. The number of carboxylic acids is 3. The molecule has 31 heavy (non-hydrogen) atoms. The molecule has 0 fully saturated rings. The Kier molecular flexibility index (Phi) is 7.69. The van der Waals surface area contributed by atoms with Crippen molar-refractivity contribution in [3.63, 3.8) is 0 Å². The van der Waals surface area contributed by atoms with Crippen LogP contribution in [0.5, 0.6) is 0 Å². The minimum atomic E-state index is -1.24. The quantitative estimate of drug-likeness (QED) is 0.255. The molecule has 0 spiro atoms. The summed E-state index contributed by atoms with van der Waals surface area (Å²) in [4.78, 5) is 57.6. The molecule has 1 heterocycles. The van der Waals surface area contributed by atoms with Crippen LogP contribution in [0.15, 0.2) is 33.5 Å². The molecule has 166 valence electrons.